The van der Waals surface area contributed by atoms with Gasteiger partial charge in [-0.25, -0.2) is 0 Å². The van der Waals surface area contributed by atoms with Gasteiger partial charge in [-0.1, -0.05) is 12.8 Å². The Balaban J connectivity index is 1.75. The van der Waals surface area contributed by atoms with Crippen LogP contribution in [-0.2, 0) is 0 Å². The van der Waals surface area contributed by atoms with Gasteiger partial charge in [0.25, 0.3) is 0 Å². The van der Waals surface area contributed by atoms with Crippen molar-refractivity contribution in [1.29, 1.82) is 0 Å². The highest BCUT2D eigenvalue weighted by Gasteiger charge is 2.19. The van der Waals surface area contributed by atoms with E-state index in [0.29, 0.717) is 6.04 Å². The molecule has 0 spiro atoms. The molecule has 1 aliphatic carbocycles. The third-order valence-corrected chi connectivity index (χ3v) is 2.61. The van der Waals surface area contributed by atoms with Crippen LogP contribution in [0.5, 0.6) is 0 Å². The van der Waals surface area contributed by atoms with Crippen molar-refractivity contribution in [3.8, 4) is 0 Å². The zero-order valence-corrected chi connectivity index (χ0v) is 8.40. The van der Waals surface area contributed by atoms with Crippen LogP contribution in [0.3, 0.4) is 0 Å². The lowest BCUT2D eigenvalue weighted by atomic mass is 10.2. The average molecular weight is 170 g/mol. The van der Waals surface area contributed by atoms with E-state index in [-0.39, 0.29) is 0 Å². The van der Waals surface area contributed by atoms with E-state index in [1.807, 2.05) is 7.05 Å². The number of rotatable bonds is 7. The number of nitrogens with one attached hydrogen (secondary N) is 2. The van der Waals surface area contributed by atoms with Crippen LogP contribution in [0.2, 0.25) is 0 Å². The van der Waals surface area contributed by atoms with Crippen LogP contribution in [-0.4, -0.2) is 26.2 Å². The summed E-state index contributed by atoms with van der Waals surface area (Å²) in [6, 6.07) is 0.603. The Kier molecular flexibility index (Phi) is 4.62. The molecular weight excluding hydrogens is 148 g/mol. The fourth-order valence-corrected chi connectivity index (χ4v) is 1.34. The molecule has 72 valence electrons. The van der Waals surface area contributed by atoms with E-state index in [0.717, 1.165) is 12.5 Å². The Morgan fingerprint density at radius 2 is 2.17 bits per heavy atom. The highest BCUT2D eigenvalue weighted by Crippen LogP contribution is 2.33. The second kappa shape index (κ2) is 5.55. The summed E-state index contributed by atoms with van der Waals surface area (Å²) in [6.45, 7) is 4.50. The lowest BCUT2D eigenvalue weighted by Gasteiger charge is -2.10. The lowest BCUT2D eigenvalue weighted by molar-refractivity contribution is 0.521. The van der Waals surface area contributed by atoms with Crippen molar-refractivity contribution in [2.45, 2.75) is 38.6 Å². The minimum atomic E-state index is 0.603. The maximum Gasteiger partial charge on any atom is 0.0161 e. The van der Waals surface area contributed by atoms with Crippen LogP contribution < -0.4 is 10.6 Å². The number of hydrogen-bond donors (Lipinski definition) is 2. The van der Waals surface area contributed by atoms with Crippen molar-refractivity contribution in [3.63, 3.8) is 0 Å². The Hall–Kier alpha value is -0.0800. The third kappa shape index (κ3) is 4.73. The van der Waals surface area contributed by atoms with Crippen molar-refractivity contribution in [2.75, 3.05) is 20.1 Å². The highest BCUT2D eigenvalue weighted by molar-refractivity contribution is 4.73. The van der Waals surface area contributed by atoms with Crippen LogP contribution >= 0.6 is 0 Å². The largest absolute Gasteiger partial charge is 0.316 e. The zero-order chi connectivity index (χ0) is 8.81. The molecular formula is C10H22N2. The first-order valence-corrected chi connectivity index (χ1v) is 5.21. The molecule has 0 aliphatic heterocycles. The summed E-state index contributed by atoms with van der Waals surface area (Å²) in [5.41, 5.74) is 0. The fourth-order valence-electron chi connectivity index (χ4n) is 1.34. The predicted molar refractivity (Wildman–Crippen MR) is 53.3 cm³/mol. The minimum Gasteiger partial charge on any atom is -0.316 e. The molecule has 2 nitrogen and oxygen atoms in total. The number of likely N-dealkylation sites (N-methyl/N-ethyl adjacent to an activating group) is 1. The molecule has 0 heterocycles. The zero-order valence-electron chi connectivity index (χ0n) is 8.40. The van der Waals surface area contributed by atoms with Crippen LogP contribution in [0.25, 0.3) is 0 Å². The maximum absolute atomic E-state index is 3.46. The van der Waals surface area contributed by atoms with Gasteiger partial charge in [0.15, 0.2) is 0 Å². The molecule has 1 saturated carbocycles. The first-order chi connectivity index (χ1) is 5.83. The van der Waals surface area contributed by atoms with Crippen LogP contribution in [0, 0.1) is 5.92 Å². The summed E-state index contributed by atoms with van der Waals surface area (Å²) in [5, 5.41) is 6.67. The van der Waals surface area contributed by atoms with Gasteiger partial charge in [0.2, 0.25) is 0 Å². The Morgan fingerprint density at radius 1 is 1.42 bits per heavy atom. The molecule has 0 amide bonds. The SMILES string of the molecule is CNC(C)CNCCCC1CC1. The summed E-state index contributed by atoms with van der Waals surface area (Å²) < 4.78 is 0. The van der Waals surface area contributed by atoms with Crippen molar-refractivity contribution in [3.05, 3.63) is 0 Å². The van der Waals surface area contributed by atoms with E-state index in [2.05, 4.69) is 17.6 Å². The summed E-state index contributed by atoms with van der Waals surface area (Å²) in [5.74, 6) is 1.09. The van der Waals surface area contributed by atoms with Gasteiger partial charge in [-0.2, -0.15) is 0 Å². The van der Waals surface area contributed by atoms with Gasteiger partial charge in [-0.3, -0.25) is 0 Å². The van der Waals surface area contributed by atoms with Gasteiger partial charge in [0, 0.05) is 12.6 Å². The monoisotopic (exact) mass is 170 g/mol. The molecule has 1 aliphatic rings. The topological polar surface area (TPSA) is 24.1 Å². The Morgan fingerprint density at radius 3 is 2.75 bits per heavy atom. The number of hydrogen-bond acceptors (Lipinski definition) is 2. The average Bonchev–Trinajstić information content (AvgIpc) is 2.87. The van der Waals surface area contributed by atoms with Crippen molar-refractivity contribution in [1.82, 2.24) is 10.6 Å². The van der Waals surface area contributed by atoms with E-state index in [9.17, 15) is 0 Å². The summed E-state index contributed by atoms with van der Waals surface area (Å²) in [6.07, 6.45) is 5.79. The van der Waals surface area contributed by atoms with Crippen LogP contribution in [0.4, 0.5) is 0 Å². The molecule has 1 fully saturated rings. The van der Waals surface area contributed by atoms with Crippen molar-refractivity contribution in [2.24, 2.45) is 5.92 Å². The molecule has 0 saturated heterocycles. The highest BCUT2D eigenvalue weighted by atomic mass is 14.9. The molecule has 1 atom stereocenters. The van der Waals surface area contributed by atoms with E-state index >= 15 is 0 Å². The van der Waals surface area contributed by atoms with Gasteiger partial charge in [-0.15, -0.1) is 0 Å². The molecule has 0 aromatic rings. The van der Waals surface area contributed by atoms with Gasteiger partial charge < -0.3 is 10.6 Å². The second-order valence-electron chi connectivity index (χ2n) is 3.98. The van der Waals surface area contributed by atoms with Crippen LogP contribution in [0.15, 0.2) is 0 Å². The molecule has 0 aromatic carbocycles. The van der Waals surface area contributed by atoms with E-state index in [1.165, 1.54) is 32.2 Å². The predicted octanol–water partition coefficient (Wildman–Crippen LogP) is 1.37. The molecule has 0 radical (unpaired) electrons. The second-order valence-corrected chi connectivity index (χ2v) is 3.98. The fraction of sp³-hybridized carbons (Fsp3) is 1.00. The smallest absolute Gasteiger partial charge is 0.0161 e. The molecule has 1 rings (SSSR count). The maximum atomic E-state index is 3.46. The van der Waals surface area contributed by atoms with Crippen molar-refractivity contribution < 1.29 is 0 Å². The first-order valence-electron chi connectivity index (χ1n) is 5.21. The quantitative estimate of drug-likeness (QED) is 0.564. The molecule has 2 N–H and O–H groups in total. The molecule has 0 aromatic heterocycles. The summed E-state index contributed by atoms with van der Waals surface area (Å²) >= 11 is 0. The van der Waals surface area contributed by atoms with Gasteiger partial charge >= 0.3 is 0 Å². The Bertz CT molecular complexity index is 110. The Labute approximate surface area is 76.1 Å². The lowest BCUT2D eigenvalue weighted by Crippen LogP contribution is -2.34. The summed E-state index contributed by atoms with van der Waals surface area (Å²) in [4.78, 5) is 0. The van der Waals surface area contributed by atoms with E-state index in [4.69, 9.17) is 0 Å². The van der Waals surface area contributed by atoms with Gasteiger partial charge in [0.1, 0.15) is 0 Å². The van der Waals surface area contributed by atoms with E-state index in [1.54, 1.807) is 0 Å². The van der Waals surface area contributed by atoms with Crippen LogP contribution in [0.1, 0.15) is 32.6 Å². The molecule has 12 heavy (non-hydrogen) atoms. The van der Waals surface area contributed by atoms with E-state index < -0.39 is 0 Å². The third-order valence-electron chi connectivity index (χ3n) is 2.61. The molecule has 0 bridgehead atoms. The standard InChI is InChI=1S/C10H22N2/c1-9(11-2)8-12-7-3-4-10-5-6-10/h9-12H,3-8H2,1-2H3. The molecule has 2 heteroatoms. The summed E-state index contributed by atoms with van der Waals surface area (Å²) in [7, 11) is 2.01. The first kappa shape index (κ1) is 10.0. The van der Waals surface area contributed by atoms with Crippen molar-refractivity contribution >= 4 is 0 Å². The van der Waals surface area contributed by atoms with Gasteiger partial charge in [-0.05, 0) is 39.3 Å². The van der Waals surface area contributed by atoms with Gasteiger partial charge in [0.05, 0.1) is 0 Å². The minimum absolute atomic E-state index is 0.603. The normalized spacial score (nSPS) is 19.5. The molecule has 1 unspecified atom stereocenters.